The summed E-state index contributed by atoms with van der Waals surface area (Å²) in [6.45, 7) is 2.18. The summed E-state index contributed by atoms with van der Waals surface area (Å²) >= 11 is 0. The molecule has 32 heavy (non-hydrogen) atoms. The number of rotatable bonds is 19. The number of carbonyl (C=O) groups excluding carboxylic acids is 1. The molecule has 0 spiro atoms. The van der Waals surface area contributed by atoms with Crippen molar-refractivity contribution in [3.05, 3.63) is 0 Å². The van der Waals surface area contributed by atoms with Crippen molar-refractivity contribution in [3.63, 3.8) is 0 Å². The summed E-state index contributed by atoms with van der Waals surface area (Å²) in [4.78, 5) is 29.0. The van der Waals surface area contributed by atoms with E-state index in [0.29, 0.717) is 6.42 Å². The van der Waals surface area contributed by atoms with Crippen molar-refractivity contribution in [2.75, 3.05) is 0 Å². The van der Waals surface area contributed by atoms with Crippen molar-refractivity contribution in [2.24, 2.45) is 5.73 Å². The van der Waals surface area contributed by atoms with Crippen LogP contribution in [0.5, 0.6) is 0 Å². The topological polar surface area (TPSA) is 150 Å². The standard InChI is InChI=1S/C20H39F3NO7P/c1-2-3-4-5-6-7-8-9-10-11-12-13-14-15(25)17(26)16(24)18(31-32(28,29)30)19(27)20(21,22)23/h15-18,25-26H,2-14,24H2,1H3,(H2,28,29,30)/t15-,16-,17-,18?/m1/s1. The van der Waals surface area contributed by atoms with E-state index in [9.17, 15) is 32.7 Å². The largest absolute Gasteiger partial charge is 0.470 e. The van der Waals surface area contributed by atoms with E-state index in [1.807, 2.05) is 0 Å². The average Bonchev–Trinajstić information content (AvgIpc) is 2.69. The zero-order chi connectivity index (χ0) is 24.8. The molecule has 8 nitrogen and oxygen atoms in total. The summed E-state index contributed by atoms with van der Waals surface area (Å²) < 4.78 is 52.9. The van der Waals surface area contributed by atoms with Gasteiger partial charge in [-0.2, -0.15) is 13.2 Å². The Kier molecular flexibility index (Phi) is 15.9. The molecule has 0 aromatic heterocycles. The van der Waals surface area contributed by atoms with Gasteiger partial charge in [-0.15, -0.1) is 0 Å². The minimum Gasteiger partial charge on any atom is -0.390 e. The van der Waals surface area contributed by atoms with Gasteiger partial charge in [0.15, 0.2) is 6.10 Å². The van der Waals surface area contributed by atoms with E-state index in [1.165, 1.54) is 38.5 Å². The molecular formula is C20H39F3NO7P. The molecule has 0 aliphatic heterocycles. The molecule has 0 aromatic carbocycles. The second-order valence-corrected chi connectivity index (χ2v) is 9.38. The quantitative estimate of drug-likeness (QED) is 0.135. The lowest BCUT2D eigenvalue weighted by molar-refractivity contribution is -0.182. The van der Waals surface area contributed by atoms with Gasteiger partial charge in [0.2, 0.25) is 0 Å². The molecule has 6 N–H and O–H groups in total. The van der Waals surface area contributed by atoms with Gasteiger partial charge in [-0.1, -0.05) is 84.0 Å². The monoisotopic (exact) mass is 493 g/mol. The second kappa shape index (κ2) is 16.1. The highest BCUT2D eigenvalue weighted by atomic mass is 31.2. The van der Waals surface area contributed by atoms with Gasteiger partial charge < -0.3 is 25.7 Å². The van der Waals surface area contributed by atoms with E-state index in [1.54, 1.807) is 0 Å². The Morgan fingerprint density at radius 1 is 0.906 bits per heavy atom. The van der Waals surface area contributed by atoms with Crippen LogP contribution in [0.25, 0.3) is 0 Å². The van der Waals surface area contributed by atoms with Crippen molar-refractivity contribution in [1.29, 1.82) is 0 Å². The van der Waals surface area contributed by atoms with Crippen LogP contribution >= 0.6 is 7.82 Å². The second-order valence-electron chi connectivity index (χ2n) is 8.19. The van der Waals surface area contributed by atoms with E-state index in [0.717, 1.165) is 32.1 Å². The van der Waals surface area contributed by atoms with Crippen LogP contribution in [0.4, 0.5) is 13.2 Å². The first-order valence-corrected chi connectivity index (χ1v) is 12.8. The van der Waals surface area contributed by atoms with Crippen molar-refractivity contribution in [2.45, 2.75) is 121 Å². The third-order valence-corrected chi connectivity index (χ3v) is 5.78. The van der Waals surface area contributed by atoms with Gasteiger partial charge in [0.1, 0.15) is 0 Å². The maximum atomic E-state index is 12.7. The summed E-state index contributed by atoms with van der Waals surface area (Å²) in [6, 6.07) is -2.18. The molecule has 0 saturated carbocycles. The molecule has 0 saturated heterocycles. The highest BCUT2D eigenvalue weighted by Crippen LogP contribution is 2.40. The van der Waals surface area contributed by atoms with Crippen LogP contribution < -0.4 is 5.73 Å². The number of aliphatic hydroxyl groups is 2. The number of unbranched alkanes of at least 4 members (excludes halogenated alkanes) is 11. The van der Waals surface area contributed by atoms with Crippen LogP contribution in [0.1, 0.15) is 90.4 Å². The van der Waals surface area contributed by atoms with Crippen molar-refractivity contribution in [1.82, 2.24) is 0 Å². The average molecular weight is 494 g/mol. The molecule has 0 fully saturated rings. The van der Waals surface area contributed by atoms with Crippen LogP contribution in [0.2, 0.25) is 0 Å². The van der Waals surface area contributed by atoms with E-state index < -0.39 is 44.1 Å². The number of carbonyl (C=O) groups is 1. The van der Waals surface area contributed by atoms with Crippen LogP contribution in [-0.2, 0) is 13.9 Å². The lowest BCUT2D eigenvalue weighted by Gasteiger charge is -2.30. The van der Waals surface area contributed by atoms with Crippen molar-refractivity contribution < 1.29 is 47.1 Å². The fourth-order valence-electron chi connectivity index (χ4n) is 3.40. The summed E-state index contributed by atoms with van der Waals surface area (Å²) in [5.74, 6) is -2.65. The predicted octanol–water partition coefficient (Wildman–Crippen LogP) is 3.74. The third-order valence-electron chi connectivity index (χ3n) is 5.28. The molecule has 192 valence electrons. The Labute approximate surface area is 188 Å². The Balaban J connectivity index is 4.29. The number of phosphoric acid groups is 1. The number of hydrogen-bond donors (Lipinski definition) is 5. The third kappa shape index (κ3) is 14.6. The fraction of sp³-hybridized carbons (Fsp3) is 0.950. The molecule has 12 heteroatoms. The predicted molar refractivity (Wildman–Crippen MR) is 114 cm³/mol. The maximum absolute atomic E-state index is 12.7. The molecule has 0 aliphatic rings. The minimum atomic E-state index is -5.51. The molecule has 0 radical (unpaired) electrons. The molecule has 4 atom stereocenters. The molecule has 0 aliphatic carbocycles. The Morgan fingerprint density at radius 2 is 1.31 bits per heavy atom. The van der Waals surface area contributed by atoms with Crippen LogP contribution in [-0.4, -0.2) is 56.3 Å². The summed E-state index contributed by atoms with van der Waals surface area (Å²) in [5.41, 5.74) is 5.40. The first-order valence-electron chi connectivity index (χ1n) is 11.3. The molecule has 0 amide bonds. The Hall–Kier alpha value is -0.550. The minimum absolute atomic E-state index is 0.00906. The molecule has 0 aromatic rings. The molecule has 1 unspecified atom stereocenters. The molecule has 0 heterocycles. The van der Waals surface area contributed by atoms with Gasteiger partial charge in [-0.25, -0.2) is 4.57 Å². The zero-order valence-corrected chi connectivity index (χ0v) is 19.6. The van der Waals surface area contributed by atoms with Crippen molar-refractivity contribution in [3.8, 4) is 0 Å². The van der Waals surface area contributed by atoms with E-state index in [2.05, 4.69) is 11.4 Å². The fourth-order valence-corrected chi connectivity index (χ4v) is 3.94. The van der Waals surface area contributed by atoms with Gasteiger partial charge in [0, 0.05) is 0 Å². The van der Waals surface area contributed by atoms with E-state index in [-0.39, 0.29) is 6.42 Å². The SMILES string of the molecule is CCCCCCCCCCCCCC[C@@H](O)[C@@H](O)[C@@H](N)C(OP(=O)(O)O)C(=O)C(F)(F)F. The smallest absolute Gasteiger partial charge is 0.390 e. The first-order chi connectivity index (χ1) is 14.8. The maximum Gasteiger partial charge on any atom is 0.470 e. The number of hydrogen-bond acceptors (Lipinski definition) is 6. The van der Waals surface area contributed by atoms with Crippen molar-refractivity contribution >= 4 is 13.6 Å². The van der Waals surface area contributed by atoms with Crippen LogP contribution in [0.3, 0.4) is 0 Å². The number of aliphatic hydroxyl groups excluding tert-OH is 2. The summed E-state index contributed by atoms with van der Waals surface area (Å²) in [6.07, 6.45) is 0.973. The summed E-state index contributed by atoms with van der Waals surface area (Å²) in [7, 11) is -5.51. The number of phosphoric ester groups is 1. The molecule has 0 rings (SSSR count). The van der Waals surface area contributed by atoms with Gasteiger partial charge in [0.05, 0.1) is 18.2 Å². The number of nitrogens with two attached hydrogens (primary N) is 1. The number of ketones is 1. The van der Waals surface area contributed by atoms with E-state index in [4.69, 9.17) is 15.5 Å². The van der Waals surface area contributed by atoms with Gasteiger partial charge in [-0.05, 0) is 6.42 Å². The normalized spacial score (nSPS) is 16.5. The van der Waals surface area contributed by atoms with Crippen LogP contribution in [0.15, 0.2) is 0 Å². The zero-order valence-electron chi connectivity index (χ0n) is 18.7. The van der Waals surface area contributed by atoms with Crippen LogP contribution in [0, 0.1) is 0 Å². The number of alkyl halides is 3. The lowest BCUT2D eigenvalue weighted by Crippen LogP contribution is -2.56. The highest BCUT2D eigenvalue weighted by molar-refractivity contribution is 7.46. The first kappa shape index (κ1) is 31.4. The van der Waals surface area contributed by atoms with Gasteiger partial charge in [0.25, 0.3) is 5.78 Å². The van der Waals surface area contributed by atoms with Gasteiger partial charge in [-0.3, -0.25) is 9.32 Å². The molecular weight excluding hydrogens is 454 g/mol. The number of Topliss-reactive ketones (excluding diaryl/α,β-unsaturated/α-hetero) is 1. The Bertz CT molecular complexity index is 560. The molecule has 0 bridgehead atoms. The highest BCUT2D eigenvalue weighted by Gasteiger charge is 2.50. The van der Waals surface area contributed by atoms with E-state index >= 15 is 0 Å². The van der Waals surface area contributed by atoms with Gasteiger partial charge >= 0.3 is 14.0 Å². The number of halogens is 3. The Morgan fingerprint density at radius 3 is 1.69 bits per heavy atom. The summed E-state index contributed by atoms with van der Waals surface area (Å²) in [5, 5.41) is 20.0. The lowest BCUT2D eigenvalue weighted by atomic mass is 9.94.